The van der Waals surface area contributed by atoms with Crippen molar-refractivity contribution >= 4 is 88.7 Å². The first-order chi connectivity index (χ1) is 62.2. The molecule has 0 saturated carbocycles. The van der Waals surface area contributed by atoms with E-state index in [-0.39, 0.29) is 205 Å². The van der Waals surface area contributed by atoms with Gasteiger partial charge in [-0.25, -0.2) is 9.59 Å². The molecule has 5 aromatic rings. The van der Waals surface area contributed by atoms with Crippen LogP contribution in [0.15, 0.2) is 127 Å². The van der Waals surface area contributed by atoms with Crippen LogP contribution in [-0.2, 0) is 80.9 Å². The number of benzene rings is 5. The van der Waals surface area contributed by atoms with Crippen LogP contribution in [0, 0.1) is 0 Å². The van der Waals surface area contributed by atoms with E-state index in [2.05, 4.69) is 42.5 Å². The Morgan fingerprint density at radius 3 is 1.29 bits per heavy atom. The predicted molar refractivity (Wildman–Crippen MR) is 469 cm³/mol. The van der Waals surface area contributed by atoms with E-state index in [9.17, 15) is 93.6 Å². The lowest BCUT2D eigenvalue weighted by Gasteiger charge is -2.46. The fourth-order valence-electron chi connectivity index (χ4n) is 13.1. The van der Waals surface area contributed by atoms with Crippen molar-refractivity contribution in [2.75, 3.05) is 168 Å². The second-order valence-electron chi connectivity index (χ2n) is 29.7. The maximum atomic E-state index is 13.8. The first-order valence-electron chi connectivity index (χ1n) is 42.5. The summed E-state index contributed by atoms with van der Waals surface area (Å²) in [6.45, 7) is 3.36. The third-order valence-corrected chi connectivity index (χ3v) is 22.0. The molecule has 8 amide bonds. The molecular weight excluding hydrogens is 1730 g/mol. The average molecular weight is 1850 g/mol. The molecule has 0 aliphatic carbocycles. The van der Waals surface area contributed by atoms with Gasteiger partial charge in [-0.15, -0.1) is 0 Å². The number of amides is 8. The Labute approximate surface area is 755 Å². The molecule has 41 heteroatoms. The number of aliphatic carboxylic acids is 3. The van der Waals surface area contributed by atoms with Gasteiger partial charge in [0.1, 0.15) is 30.7 Å². The van der Waals surface area contributed by atoms with Crippen molar-refractivity contribution in [3.8, 4) is 28.0 Å². The highest BCUT2D eigenvalue weighted by molar-refractivity contribution is 7.99. The molecule has 2 aliphatic rings. The topological polar surface area (TPSA) is 568 Å². The molecule has 0 unspecified atom stereocenters. The SMILES string of the molecule is CC(=O)N[C@H]1[C@H]([C@H](O)[C@H](O)CNC(=O)c2ccc(-c3ccccc3)cc2)O[C@@](OCCCSCCNC(=O)c2ccc(C(=O)NCCSCCCO[C@]3(C(=O)O)C[C@H](O)C[C@H]([C@H](O)[C@H](O)CNC(=O)c4ccc(-c5ccccc5)cc4)O3)cc2OCCOCCOCCOCCOCCOCCNC(=O)CCC(=O)NCCOCCNC(=O)CCC(=O)O)(C(=O)O)C[C@@H]1O. The summed E-state index contributed by atoms with van der Waals surface area (Å²) in [5.41, 5.74) is 4.41. The van der Waals surface area contributed by atoms with Gasteiger partial charge >= 0.3 is 17.9 Å². The second-order valence-corrected chi connectivity index (χ2v) is 32.1. The number of nitrogens with one attached hydrogen (secondary N) is 8. The summed E-state index contributed by atoms with van der Waals surface area (Å²) in [7, 11) is 0. The van der Waals surface area contributed by atoms with Crippen LogP contribution in [0.4, 0.5) is 0 Å². The first kappa shape index (κ1) is 106. The maximum Gasteiger partial charge on any atom is 0.364 e. The highest BCUT2D eigenvalue weighted by Crippen LogP contribution is 2.36. The van der Waals surface area contributed by atoms with Crippen molar-refractivity contribution in [2.24, 2.45) is 0 Å². The lowest BCUT2D eigenvalue weighted by atomic mass is 9.88. The standard InChI is InChI=1S/C88H120N8O31S2/c1-58(97)96-77-68(99)55-88(86(115)116,127-80(77)79(108)70(101)57-95-82(110)64-20-16-62(17-21-64)60-12-6-3-7-13-60)125-34-9-49-129-51-32-93-84(112)67-23-22-65(52-71(67)123-47-46-122-45-44-121-43-42-120-41-40-119-39-38-118-37-30-90-74(103)25-24-73(102)89-28-35-117-36-29-91-75(104)26-27-76(105)106)83(111)92-31-50-128-48-8-33-124-87(85(113)114)54-66(98)53-72(126-87)78(107)69(100)56-94-81(109)63-18-14-61(15-19-63)59-10-4-2-5-11-59/h2-7,10-23,52,66,68-70,72,77-80,98-101,107-108H,8-9,24-51,53-57H2,1H3,(H,89,102)(H,90,103)(H,91,104)(H,92,111)(H,93,112)(H,94,109)(H,95,110)(H,96,97)(H,105,106)(H,113,114)(H,115,116)/t66-,68+,69-,70-,72-,77-,78-,79-,80-,87-,88-/m1/s1. The minimum absolute atomic E-state index is 0.0216. The van der Waals surface area contributed by atoms with Crippen LogP contribution in [0.5, 0.6) is 5.75 Å². The van der Waals surface area contributed by atoms with E-state index in [1.54, 1.807) is 48.5 Å². The third-order valence-electron chi connectivity index (χ3n) is 19.8. The number of carboxylic acids is 3. The molecule has 17 N–H and O–H groups in total. The Morgan fingerprint density at radius 2 is 0.829 bits per heavy atom. The molecule has 11 atom stereocenters. The minimum atomic E-state index is -2.55. The van der Waals surface area contributed by atoms with Crippen LogP contribution in [0.1, 0.15) is 106 Å². The zero-order chi connectivity index (χ0) is 93.2. The Kier molecular flexibility index (Phi) is 48.3. The Balaban J connectivity index is 0.804. The number of hydrogen-bond donors (Lipinski definition) is 17. The number of aliphatic hydroxyl groups excluding tert-OH is 6. The molecule has 2 fully saturated rings. The van der Waals surface area contributed by atoms with E-state index >= 15 is 0 Å². The van der Waals surface area contributed by atoms with E-state index in [4.69, 9.17) is 57.2 Å². The van der Waals surface area contributed by atoms with Gasteiger partial charge in [0, 0.05) is 119 Å². The van der Waals surface area contributed by atoms with Gasteiger partial charge in [-0.1, -0.05) is 84.9 Å². The van der Waals surface area contributed by atoms with E-state index in [1.807, 2.05) is 60.7 Å². The molecule has 0 aromatic heterocycles. The highest BCUT2D eigenvalue weighted by atomic mass is 32.2. The normalized spacial score (nSPS) is 18.7. The molecule has 0 radical (unpaired) electrons. The number of carboxylic acid groups (broad SMARTS) is 3. The van der Waals surface area contributed by atoms with Crippen molar-refractivity contribution in [2.45, 2.75) is 131 Å². The molecule has 39 nitrogen and oxygen atoms in total. The summed E-state index contributed by atoms with van der Waals surface area (Å²) in [5.74, 6) is -11.5. The number of ether oxygens (including phenoxy) is 11. The zero-order valence-electron chi connectivity index (χ0n) is 71.9. The van der Waals surface area contributed by atoms with Crippen molar-refractivity contribution in [1.29, 1.82) is 0 Å². The van der Waals surface area contributed by atoms with Crippen molar-refractivity contribution in [1.82, 2.24) is 42.5 Å². The molecular formula is C88H120N8O31S2. The number of thioether (sulfide) groups is 2. The second kappa shape index (κ2) is 58.7. The number of hydrogen-bond acceptors (Lipinski definition) is 30. The largest absolute Gasteiger partial charge is 0.490 e. The Hall–Kier alpha value is -9.87. The fraction of sp³-hybridized carbons (Fsp3) is 0.534. The lowest BCUT2D eigenvalue weighted by molar-refractivity contribution is -0.310. The van der Waals surface area contributed by atoms with Gasteiger partial charge in [-0.3, -0.25) is 43.2 Å². The van der Waals surface area contributed by atoms with Gasteiger partial charge in [0.15, 0.2) is 0 Å². The van der Waals surface area contributed by atoms with Crippen LogP contribution < -0.4 is 47.3 Å². The Bertz CT molecular complexity index is 4270. The smallest absolute Gasteiger partial charge is 0.364 e. The maximum absolute atomic E-state index is 13.8. The first-order valence-corrected chi connectivity index (χ1v) is 44.8. The van der Waals surface area contributed by atoms with Gasteiger partial charge in [0.05, 0.1) is 141 Å². The van der Waals surface area contributed by atoms with Crippen molar-refractivity contribution in [3.05, 3.63) is 150 Å². The van der Waals surface area contributed by atoms with E-state index < -0.39 is 146 Å². The molecule has 5 aromatic carbocycles. The van der Waals surface area contributed by atoms with Gasteiger partial charge < -0.3 is 141 Å². The molecule has 2 saturated heterocycles. The van der Waals surface area contributed by atoms with Gasteiger partial charge in [0.25, 0.3) is 35.2 Å². The molecule has 2 heterocycles. The monoisotopic (exact) mass is 1850 g/mol. The molecule has 2 aliphatic heterocycles. The lowest BCUT2D eigenvalue weighted by Crippen LogP contribution is -2.68. The van der Waals surface area contributed by atoms with Crippen LogP contribution in [-0.4, -0.2) is 345 Å². The van der Waals surface area contributed by atoms with E-state index in [0.29, 0.717) is 35.0 Å². The van der Waals surface area contributed by atoms with Crippen LogP contribution in [0.2, 0.25) is 0 Å². The molecule has 129 heavy (non-hydrogen) atoms. The summed E-state index contributed by atoms with van der Waals surface area (Å²) in [5, 5.41) is 117. The quantitative estimate of drug-likeness (QED) is 0.0244. The summed E-state index contributed by atoms with van der Waals surface area (Å²) >= 11 is 2.79. The van der Waals surface area contributed by atoms with Gasteiger partial charge in [-0.2, -0.15) is 23.5 Å². The van der Waals surface area contributed by atoms with Crippen LogP contribution in [0.3, 0.4) is 0 Å². The molecule has 7 rings (SSSR count). The van der Waals surface area contributed by atoms with Crippen molar-refractivity contribution in [3.63, 3.8) is 0 Å². The van der Waals surface area contributed by atoms with Crippen LogP contribution >= 0.6 is 23.5 Å². The number of carbonyl (C=O) groups is 11. The number of aliphatic hydroxyl groups is 6. The number of rotatable bonds is 64. The summed E-state index contributed by atoms with van der Waals surface area (Å²) in [4.78, 5) is 138. The zero-order valence-corrected chi connectivity index (χ0v) is 73.5. The number of carbonyl (C=O) groups excluding carboxylic acids is 8. The van der Waals surface area contributed by atoms with Crippen LogP contribution in [0.25, 0.3) is 22.3 Å². The summed E-state index contributed by atoms with van der Waals surface area (Å²) in [6.07, 6.45) is -14.5. The molecule has 0 spiro atoms. The highest BCUT2D eigenvalue weighted by Gasteiger charge is 2.56. The minimum Gasteiger partial charge on any atom is -0.490 e. The summed E-state index contributed by atoms with van der Waals surface area (Å²) < 4.78 is 62.6. The van der Waals surface area contributed by atoms with E-state index in [0.717, 1.165) is 29.2 Å². The predicted octanol–water partition coefficient (Wildman–Crippen LogP) is 1.29. The van der Waals surface area contributed by atoms with Crippen molar-refractivity contribution < 1.29 is 151 Å². The van der Waals surface area contributed by atoms with Gasteiger partial charge in [-0.05, 0) is 89.1 Å². The molecule has 710 valence electrons. The third kappa shape index (κ3) is 38.6. The average Bonchev–Trinajstić information content (AvgIpc) is 0.768. The molecule has 0 bridgehead atoms. The fourth-order valence-corrected chi connectivity index (χ4v) is 14.6. The summed E-state index contributed by atoms with van der Waals surface area (Å²) in [6, 6.07) is 35.3. The van der Waals surface area contributed by atoms with Gasteiger partial charge in [0.2, 0.25) is 23.6 Å². The van der Waals surface area contributed by atoms with E-state index in [1.165, 1.54) is 41.7 Å². The Morgan fingerprint density at radius 1 is 0.426 bits per heavy atom.